The van der Waals surface area contributed by atoms with E-state index in [0.717, 1.165) is 25.9 Å². The number of carbonyl (C=O) groups excluding carboxylic acids is 1. The van der Waals surface area contributed by atoms with Crippen LogP contribution in [0, 0.1) is 0 Å². The van der Waals surface area contributed by atoms with Crippen LogP contribution in [0.25, 0.3) is 0 Å². The van der Waals surface area contributed by atoms with Gasteiger partial charge in [-0.05, 0) is 44.1 Å². The molecule has 0 spiro atoms. The number of amides is 1. The fourth-order valence-corrected chi connectivity index (χ4v) is 2.27. The van der Waals surface area contributed by atoms with E-state index in [1.165, 1.54) is 0 Å². The van der Waals surface area contributed by atoms with E-state index >= 15 is 0 Å². The van der Waals surface area contributed by atoms with E-state index in [9.17, 15) is 4.79 Å². The van der Waals surface area contributed by atoms with Gasteiger partial charge in [-0.2, -0.15) is 0 Å². The van der Waals surface area contributed by atoms with Crippen LogP contribution in [-0.4, -0.2) is 31.7 Å². The van der Waals surface area contributed by atoms with Gasteiger partial charge in [0.15, 0.2) is 0 Å². The molecule has 104 valence electrons. The molecule has 1 amide bonds. The molecule has 0 aromatic heterocycles. The summed E-state index contributed by atoms with van der Waals surface area (Å²) in [5.41, 5.74) is 0.507. The molecule has 4 nitrogen and oxygen atoms in total. The van der Waals surface area contributed by atoms with Gasteiger partial charge in [0.2, 0.25) is 5.91 Å². The van der Waals surface area contributed by atoms with Crippen molar-refractivity contribution in [2.75, 3.05) is 25.0 Å². The normalized spacial score (nSPS) is 16.3. The first-order chi connectivity index (χ1) is 9.15. The van der Waals surface area contributed by atoms with E-state index in [-0.39, 0.29) is 18.6 Å². The maximum absolute atomic E-state index is 11.8. The zero-order valence-corrected chi connectivity index (χ0v) is 11.9. The van der Waals surface area contributed by atoms with E-state index in [1.807, 2.05) is 0 Å². The zero-order chi connectivity index (χ0) is 13.7. The smallest absolute Gasteiger partial charge is 0.250 e. The van der Waals surface area contributed by atoms with E-state index in [2.05, 4.69) is 10.6 Å². The van der Waals surface area contributed by atoms with Crippen LogP contribution in [0.15, 0.2) is 18.2 Å². The topological polar surface area (TPSA) is 50.4 Å². The van der Waals surface area contributed by atoms with Crippen molar-refractivity contribution in [3.63, 3.8) is 0 Å². The van der Waals surface area contributed by atoms with Gasteiger partial charge in [0.25, 0.3) is 0 Å². The number of benzene rings is 1. The third kappa shape index (κ3) is 4.66. The highest BCUT2D eigenvalue weighted by Gasteiger charge is 2.15. The third-order valence-electron chi connectivity index (χ3n) is 2.94. The Bertz CT molecular complexity index is 448. The second-order valence-electron chi connectivity index (χ2n) is 4.43. The lowest BCUT2D eigenvalue weighted by Gasteiger charge is -2.22. The summed E-state index contributed by atoms with van der Waals surface area (Å²) >= 11 is 11.8. The van der Waals surface area contributed by atoms with Gasteiger partial charge in [-0.1, -0.05) is 23.2 Å². The number of hydrogen-bond donors (Lipinski definition) is 2. The summed E-state index contributed by atoms with van der Waals surface area (Å²) in [7, 11) is 0. The average molecular weight is 303 g/mol. The monoisotopic (exact) mass is 302 g/mol. The number of ether oxygens (including phenoxy) is 1. The fourth-order valence-electron chi connectivity index (χ4n) is 1.94. The molecule has 6 heteroatoms. The number of rotatable bonds is 4. The molecule has 2 rings (SSSR count). The van der Waals surface area contributed by atoms with Crippen LogP contribution in [0.2, 0.25) is 10.0 Å². The molecule has 0 bridgehead atoms. The Kier molecular flexibility index (Phi) is 5.45. The molecule has 0 radical (unpaired) electrons. The van der Waals surface area contributed by atoms with Gasteiger partial charge in [-0.15, -0.1) is 0 Å². The highest BCUT2D eigenvalue weighted by Crippen LogP contribution is 2.25. The van der Waals surface area contributed by atoms with Gasteiger partial charge in [-0.3, -0.25) is 4.79 Å². The van der Waals surface area contributed by atoms with Crippen molar-refractivity contribution in [1.29, 1.82) is 0 Å². The number of halogens is 2. The van der Waals surface area contributed by atoms with E-state index in [1.54, 1.807) is 18.2 Å². The summed E-state index contributed by atoms with van der Waals surface area (Å²) in [6.45, 7) is 1.91. The van der Waals surface area contributed by atoms with Crippen LogP contribution in [0.4, 0.5) is 5.69 Å². The first-order valence-corrected chi connectivity index (χ1v) is 6.98. The van der Waals surface area contributed by atoms with Crippen LogP contribution in [-0.2, 0) is 9.53 Å². The molecule has 0 saturated carbocycles. The van der Waals surface area contributed by atoms with Crippen molar-refractivity contribution in [3.8, 4) is 0 Å². The van der Waals surface area contributed by atoms with Crippen LogP contribution >= 0.6 is 23.2 Å². The second-order valence-corrected chi connectivity index (χ2v) is 5.28. The molecule has 19 heavy (non-hydrogen) atoms. The number of carbonyl (C=O) groups is 1. The van der Waals surface area contributed by atoms with Gasteiger partial charge < -0.3 is 15.4 Å². The highest BCUT2D eigenvalue weighted by molar-refractivity contribution is 6.35. The summed E-state index contributed by atoms with van der Waals surface area (Å²) in [6, 6.07) is 4.94. The van der Waals surface area contributed by atoms with E-state index in [0.29, 0.717) is 15.7 Å². The van der Waals surface area contributed by atoms with Crippen LogP contribution < -0.4 is 10.6 Å². The predicted octanol–water partition coefficient (Wildman–Crippen LogP) is 2.70. The molecule has 0 atom stereocenters. The lowest BCUT2D eigenvalue weighted by molar-refractivity contribution is -0.123. The highest BCUT2D eigenvalue weighted by atomic mass is 35.5. The quantitative estimate of drug-likeness (QED) is 0.899. The molecule has 1 aliphatic rings. The lowest BCUT2D eigenvalue weighted by Crippen LogP contribution is -2.34. The van der Waals surface area contributed by atoms with Gasteiger partial charge in [0, 0.05) is 5.02 Å². The summed E-state index contributed by atoms with van der Waals surface area (Å²) in [5.74, 6) is -0.220. The lowest BCUT2D eigenvalue weighted by atomic mass is 10.1. The summed E-state index contributed by atoms with van der Waals surface area (Å²) in [4.78, 5) is 11.8. The Morgan fingerprint density at radius 2 is 2.11 bits per heavy atom. The minimum Gasteiger partial charge on any atom is -0.368 e. The molecule has 2 N–H and O–H groups in total. The molecule has 1 fully saturated rings. The van der Waals surface area contributed by atoms with Gasteiger partial charge in [0.1, 0.15) is 6.61 Å². The van der Waals surface area contributed by atoms with Gasteiger partial charge >= 0.3 is 0 Å². The van der Waals surface area contributed by atoms with Gasteiger partial charge in [0.05, 0.1) is 16.8 Å². The Balaban J connectivity index is 1.81. The maximum Gasteiger partial charge on any atom is 0.250 e. The largest absolute Gasteiger partial charge is 0.368 e. The number of nitrogens with one attached hydrogen (secondary N) is 2. The van der Waals surface area contributed by atoms with Crippen LogP contribution in [0.3, 0.4) is 0 Å². The SMILES string of the molecule is O=C(COC1CCNCC1)Nc1cc(Cl)ccc1Cl. The third-order valence-corrected chi connectivity index (χ3v) is 3.50. The minimum atomic E-state index is -0.220. The molecule has 1 aromatic rings. The van der Waals surface area contributed by atoms with Crippen molar-refractivity contribution in [1.82, 2.24) is 5.32 Å². The van der Waals surface area contributed by atoms with Crippen molar-refractivity contribution >= 4 is 34.8 Å². The second kappa shape index (κ2) is 7.10. The van der Waals surface area contributed by atoms with Gasteiger partial charge in [-0.25, -0.2) is 0 Å². The van der Waals surface area contributed by atoms with E-state index in [4.69, 9.17) is 27.9 Å². The number of piperidine rings is 1. The molecule has 1 aliphatic heterocycles. The standard InChI is InChI=1S/C13H16Cl2N2O2/c14-9-1-2-11(15)12(7-9)17-13(18)8-19-10-3-5-16-6-4-10/h1-2,7,10,16H,3-6,8H2,(H,17,18). The molecule has 0 unspecified atom stereocenters. The first-order valence-electron chi connectivity index (χ1n) is 6.22. The molecule has 1 heterocycles. The number of hydrogen-bond acceptors (Lipinski definition) is 3. The Morgan fingerprint density at radius 3 is 2.84 bits per heavy atom. The number of anilines is 1. The van der Waals surface area contributed by atoms with Crippen molar-refractivity contribution < 1.29 is 9.53 Å². The molecular formula is C13H16Cl2N2O2. The first kappa shape index (κ1) is 14.6. The minimum absolute atomic E-state index is 0.0352. The average Bonchev–Trinajstić information content (AvgIpc) is 2.42. The van der Waals surface area contributed by atoms with Crippen LogP contribution in [0.1, 0.15) is 12.8 Å². The Labute approximate surface area is 122 Å². The molecular weight excluding hydrogens is 287 g/mol. The van der Waals surface area contributed by atoms with Crippen molar-refractivity contribution in [2.24, 2.45) is 0 Å². The van der Waals surface area contributed by atoms with Crippen molar-refractivity contribution in [2.45, 2.75) is 18.9 Å². The Morgan fingerprint density at radius 1 is 1.37 bits per heavy atom. The summed E-state index contributed by atoms with van der Waals surface area (Å²) in [5, 5.41) is 6.92. The van der Waals surface area contributed by atoms with Crippen molar-refractivity contribution in [3.05, 3.63) is 28.2 Å². The van der Waals surface area contributed by atoms with E-state index < -0.39 is 0 Å². The summed E-state index contributed by atoms with van der Waals surface area (Å²) < 4.78 is 5.56. The molecule has 1 saturated heterocycles. The maximum atomic E-state index is 11.8. The predicted molar refractivity (Wildman–Crippen MR) is 76.9 cm³/mol. The molecule has 1 aromatic carbocycles. The summed E-state index contributed by atoms with van der Waals surface area (Å²) in [6.07, 6.45) is 2.03. The van der Waals surface area contributed by atoms with Crippen LogP contribution in [0.5, 0.6) is 0 Å². The molecule has 0 aliphatic carbocycles. The fraction of sp³-hybridized carbons (Fsp3) is 0.462. The Hall–Kier alpha value is -0.810. The zero-order valence-electron chi connectivity index (χ0n) is 10.4.